The van der Waals surface area contributed by atoms with Gasteiger partial charge >= 0.3 is 0 Å². The van der Waals surface area contributed by atoms with Crippen molar-refractivity contribution in [3.63, 3.8) is 0 Å². The summed E-state index contributed by atoms with van der Waals surface area (Å²) < 4.78 is 7.22. The van der Waals surface area contributed by atoms with Crippen molar-refractivity contribution in [2.24, 2.45) is 0 Å². The fourth-order valence-corrected chi connectivity index (χ4v) is 4.14. The minimum absolute atomic E-state index is 0.129. The van der Waals surface area contributed by atoms with Gasteiger partial charge in [0.1, 0.15) is 18.0 Å². The minimum Gasteiger partial charge on any atom is -0.455 e. The molecule has 0 spiro atoms. The number of rotatable bonds is 7. The third-order valence-electron chi connectivity index (χ3n) is 5.69. The highest BCUT2D eigenvalue weighted by Crippen LogP contribution is 2.31. The topological polar surface area (TPSA) is 125 Å². The van der Waals surface area contributed by atoms with E-state index >= 15 is 0 Å². The Morgan fingerprint density at radius 3 is 2.68 bits per heavy atom. The molecule has 0 saturated carbocycles. The lowest BCUT2D eigenvalue weighted by molar-refractivity contribution is -0.384. The molecule has 0 aliphatic heterocycles. The summed E-state index contributed by atoms with van der Waals surface area (Å²) >= 11 is 0. The number of ether oxygens (including phenoxy) is 1. The van der Waals surface area contributed by atoms with Crippen LogP contribution in [0.25, 0.3) is 22.2 Å². The monoisotopic (exact) mass is 494 g/mol. The van der Waals surface area contributed by atoms with Gasteiger partial charge in [-0.15, -0.1) is 0 Å². The van der Waals surface area contributed by atoms with E-state index in [-0.39, 0.29) is 23.7 Å². The van der Waals surface area contributed by atoms with Crippen LogP contribution < -0.4 is 10.1 Å². The first-order valence-electron chi connectivity index (χ1n) is 11.4. The molecular formula is C27H22N6O4. The lowest BCUT2D eigenvalue weighted by Crippen LogP contribution is -2.20. The van der Waals surface area contributed by atoms with Crippen LogP contribution in [0.1, 0.15) is 11.3 Å². The lowest BCUT2D eigenvalue weighted by Gasteiger charge is -2.10. The Balaban J connectivity index is 1.41. The predicted octanol–water partition coefficient (Wildman–Crippen LogP) is 5.45. The van der Waals surface area contributed by atoms with Crippen molar-refractivity contribution in [2.75, 3.05) is 5.32 Å². The zero-order chi connectivity index (χ0) is 25.9. The maximum atomic E-state index is 13.0. The molecule has 5 aromatic rings. The van der Waals surface area contributed by atoms with Crippen LogP contribution >= 0.6 is 0 Å². The Hall–Kier alpha value is -5.12. The van der Waals surface area contributed by atoms with Gasteiger partial charge in [-0.2, -0.15) is 5.10 Å². The largest absolute Gasteiger partial charge is 0.455 e. The van der Waals surface area contributed by atoms with E-state index < -0.39 is 10.8 Å². The van der Waals surface area contributed by atoms with E-state index in [0.717, 1.165) is 27.8 Å². The molecule has 37 heavy (non-hydrogen) atoms. The molecule has 3 aromatic heterocycles. The van der Waals surface area contributed by atoms with Gasteiger partial charge in [-0.05, 0) is 43.2 Å². The molecule has 0 aliphatic carbocycles. The van der Waals surface area contributed by atoms with Gasteiger partial charge in [-0.25, -0.2) is 9.67 Å². The van der Waals surface area contributed by atoms with E-state index in [1.165, 1.54) is 29.1 Å². The van der Waals surface area contributed by atoms with Crippen LogP contribution in [0.2, 0.25) is 0 Å². The van der Waals surface area contributed by atoms with Crippen molar-refractivity contribution in [3.05, 3.63) is 101 Å². The molecule has 5 rings (SSSR count). The Bertz CT molecular complexity index is 1630. The predicted molar refractivity (Wildman–Crippen MR) is 138 cm³/mol. The van der Waals surface area contributed by atoms with Gasteiger partial charge in [-0.3, -0.25) is 19.9 Å². The Morgan fingerprint density at radius 1 is 1.05 bits per heavy atom. The smallest absolute Gasteiger partial charge is 0.275 e. The number of aromatic nitrogens is 4. The first-order valence-corrected chi connectivity index (χ1v) is 11.4. The highest BCUT2D eigenvalue weighted by molar-refractivity contribution is 5.96. The van der Waals surface area contributed by atoms with Crippen molar-refractivity contribution < 1.29 is 14.5 Å². The number of nitrogens with zero attached hydrogens (tertiary/aromatic N) is 5. The summed E-state index contributed by atoms with van der Waals surface area (Å²) in [4.78, 5) is 32.3. The molecule has 3 heterocycles. The zero-order valence-electron chi connectivity index (χ0n) is 20.1. The summed E-state index contributed by atoms with van der Waals surface area (Å²) in [6.45, 7) is 3.78. The number of aryl methyl sites for hydroxylation is 2. The number of hydrogen-bond donors (Lipinski definition) is 1. The van der Waals surface area contributed by atoms with Crippen LogP contribution in [0.15, 0.2) is 79.3 Å². The summed E-state index contributed by atoms with van der Waals surface area (Å²) in [7, 11) is 0. The van der Waals surface area contributed by atoms with Gasteiger partial charge in [0.05, 0.1) is 28.6 Å². The Kier molecular flexibility index (Phi) is 6.29. The molecule has 1 amide bonds. The summed E-state index contributed by atoms with van der Waals surface area (Å²) in [5.74, 6) is 0.191. The number of hydrogen-bond acceptors (Lipinski definition) is 7. The second-order valence-corrected chi connectivity index (χ2v) is 8.48. The molecule has 1 N–H and O–H groups in total. The van der Waals surface area contributed by atoms with Crippen molar-refractivity contribution in [1.82, 2.24) is 19.7 Å². The second-order valence-electron chi connectivity index (χ2n) is 8.48. The second kappa shape index (κ2) is 9.86. The number of fused-ring (bicyclic) bond motifs is 1. The normalized spacial score (nSPS) is 10.9. The van der Waals surface area contributed by atoms with Crippen LogP contribution in [0.3, 0.4) is 0 Å². The number of pyridine rings is 2. The third-order valence-corrected chi connectivity index (χ3v) is 5.69. The van der Waals surface area contributed by atoms with Gasteiger partial charge in [-0.1, -0.05) is 29.8 Å². The summed E-state index contributed by atoms with van der Waals surface area (Å²) in [5.41, 5.74) is 4.48. The zero-order valence-corrected chi connectivity index (χ0v) is 20.1. The molecule has 0 bridgehead atoms. The van der Waals surface area contributed by atoms with Crippen molar-refractivity contribution in [2.45, 2.75) is 20.4 Å². The molecule has 0 radical (unpaired) electrons. The molecule has 0 atom stereocenters. The maximum Gasteiger partial charge on any atom is 0.275 e. The first-order chi connectivity index (χ1) is 17.9. The standard InChI is InChI=1S/C27H22N6O4/c1-17-5-3-6-19(11-17)24-8-10-29-27-26(24)18(2)31-32(27)16-25(34)30-20-12-21(33(35)36)14-23(13-20)37-22-7-4-9-28-15-22/h3-15H,16H2,1-2H3,(H,30,34). The van der Waals surface area contributed by atoms with Crippen LogP contribution in [0.4, 0.5) is 11.4 Å². The summed E-state index contributed by atoms with van der Waals surface area (Å²) in [6, 6.07) is 17.5. The van der Waals surface area contributed by atoms with E-state index in [1.54, 1.807) is 24.5 Å². The van der Waals surface area contributed by atoms with E-state index in [2.05, 4.69) is 26.4 Å². The average molecular weight is 495 g/mol. The van der Waals surface area contributed by atoms with Gasteiger partial charge in [0.25, 0.3) is 5.69 Å². The highest BCUT2D eigenvalue weighted by Gasteiger charge is 2.18. The number of benzene rings is 2. The van der Waals surface area contributed by atoms with Gasteiger partial charge < -0.3 is 10.1 Å². The molecule has 0 saturated heterocycles. The molecule has 184 valence electrons. The number of carbonyl (C=O) groups excluding carboxylic acids is 1. The summed E-state index contributed by atoms with van der Waals surface area (Å²) in [5, 5.41) is 19.6. The molecule has 10 nitrogen and oxygen atoms in total. The van der Waals surface area contributed by atoms with Crippen molar-refractivity contribution in [1.29, 1.82) is 0 Å². The highest BCUT2D eigenvalue weighted by atomic mass is 16.6. The number of amides is 1. The molecule has 0 fully saturated rings. The van der Waals surface area contributed by atoms with Crippen LogP contribution in [0.5, 0.6) is 11.5 Å². The number of nitrogens with one attached hydrogen (secondary N) is 1. The van der Waals surface area contributed by atoms with Crippen LogP contribution in [-0.4, -0.2) is 30.6 Å². The number of nitro benzene ring substituents is 1. The maximum absolute atomic E-state index is 13.0. The number of non-ortho nitro benzene ring substituents is 1. The molecule has 10 heteroatoms. The van der Waals surface area contributed by atoms with Crippen LogP contribution in [-0.2, 0) is 11.3 Å². The average Bonchev–Trinajstić information content (AvgIpc) is 3.19. The number of anilines is 1. The molecule has 2 aromatic carbocycles. The lowest BCUT2D eigenvalue weighted by atomic mass is 10.0. The number of nitro groups is 1. The van der Waals surface area contributed by atoms with Crippen molar-refractivity contribution >= 4 is 28.3 Å². The minimum atomic E-state index is -0.549. The fourth-order valence-electron chi connectivity index (χ4n) is 4.14. The van der Waals surface area contributed by atoms with E-state index in [4.69, 9.17) is 4.74 Å². The Morgan fingerprint density at radius 2 is 1.92 bits per heavy atom. The van der Waals surface area contributed by atoms with E-state index in [1.807, 2.05) is 38.1 Å². The molecular weight excluding hydrogens is 472 g/mol. The number of carbonyl (C=O) groups is 1. The van der Waals surface area contributed by atoms with Crippen molar-refractivity contribution in [3.8, 4) is 22.6 Å². The van der Waals surface area contributed by atoms with Gasteiger partial charge in [0.15, 0.2) is 5.65 Å². The third kappa shape index (κ3) is 5.13. The van der Waals surface area contributed by atoms with E-state index in [9.17, 15) is 14.9 Å². The summed E-state index contributed by atoms with van der Waals surface area (Å²) in [6.07, 6.45) is 4.77. The SMILES string of the molecule is Cc1cccc(-c2ccnc3c2c(C)nn3CC(=O)Nc2cc(Oc3cccnc3)cc([N+](=O)[O-])c2)c1. The fraction of sp³-hybridized carbons (Fsp3) is 0.111. The molecule has 0 unspecified atom stereocenters. The molecule has 0 aliphatic rings. The van der Waals surface area contributed by atoms with Gasteiger partial charge in [0, 0.05) is 29.9 Å². The first kappa shape index (κ1) is 23.6. The van der Waals surface area contributed by atoms with Crippen LogP contribution in [0, 0.1) is 24.0 Å². The quantitative estimate of drug-likeness (QED) is 0.236. The van der Waals surface area contributed by atoms with Gasteiger partial charge in [0.2, 0.25) is 5.91 Å². The van der Waals surface area contributed by atoms with E-state index in [0.29, 0.717) is 11.4 Å². The Labute approximate surface area is 211 Å².